The van der Waals surface area contributed by atoms with E-state index in [0.717, 1.165) is 0 Å². The van der Waals surface area contributed by atoms with Gasteiger partial charge in [-0.15, -0.1) is 0 Å². The highest BCUT2D eigenvalue weighted by molar-refractivity contribution is 7.10. The molecule has 1 unspecified atom stereocenters. The molecule has 0 aliphatic heterocycles. The van der Waals surface area contributed by atoms with Crippen LogP contribution >= 0.6 is 9.47 Å². The van der Waals surface area contributed by atoms with Crippen molar-refractivity contribution >= 4 is 9.47 Å². The summed E-state index contributed by atoms with van der Waals surface area (Å²) in [5.41, 5.74) is 0. The van der Waals surface area contributed by atoms with E-state index in [1.165, 1.54) is 0 Å². The van der Waals surface area contributed by atoms with Crippen LogP contribution in [-0.2, 0) is 0 Å². The Kier molecular flexibility index (Phi) is 1.81. The van der Waals surface area contributed by atoms with Gasteiger partial charge >= 0.3 is 0 Å². The molecule has 0 aromatic carbocycles. The third kappa shape index (κ3) is 1.17. The van der Waals surface area contributed by atoms with Crippen LogP contribution in [0.5, 0.6) is 5.88 Å². The van der Waals surface area contributed by atoms with Crippen molar-refractivity contribution < 1.29 is 4.52 Å². The lowest BCUT2D eigenvalue weighted by Gasteiger charge is -1.92. The predicted octanol–water partition coefficient (Wildman–Crippen LogP) is 1.25. The number of pyridine rings is 1. The normalized spacial score (nSPS) is 8.62. The van der Waals surface area contributed by atoms with Crippen molar-refractivity contribution in [3.05, 3.63) is 24.4 Å². The first kappa shape index (κ1) is 5.52. The first-order valence-corrected chi connectivity index (χ1v) is 2.68. The quantitative estimate of drug-likeness (QED) is 0.529. The van der Waals surface area contributed by atoms with Crippen LogP contribution in [0.1, 0.15) is 0 Å². The molecule has 0 N–H and O–H groups in total. The maximum atomic E-state index is 4.72. The van der Waals surface area contributed by atoms with Crippen LogP contribution in [0.4, 0.5) is 0 Å². The summed E-state index contributed by atoms with van der Waals surface area (Å²) in [6.45, 7) is 0. The molecule has 0 amide bonds. The van der Waals surface area contributed by atoms with Gasteiger partial charge in [0.2, 0.25) is 5.88 Å². The summed E-state index contributed by atoms with van der Waals surface area (Å²) in [4.78, 5) is 3.85. The molecular formula is C5H6NOP. The van der Waals surface area contributed by atoms with E-state index in [1.807, 2.05) is 12.1 Å². The number of hydrogen-bond acceptors (Lipinski definition) is 2. The highest BCUT2D eigenvalue weighted by Crippen LogP contribution is 2.04. The van der Waals surface area contributed by atoms with Crippen molar-refractivity contribution in [3.8, 4) is 5.88 Å². The number of hydrogen-bond donors (Lipinski definition) is 0. The molecule has 1 heterocycles. The maximum Gasteiger partial charge on any atom is 0.215 e. The van der Waals surface area contributed by atoms with Gasteiger partial charge in [0.25, 0.3) is 0 Å². The maximum absolute atomic E-state index is 4.72. The van der Waals surface area contributed by atoms with Crippen molar-refractivity contribution in [2.24, 2.45) is 0 Å². The molecule has 1 aromatic heterocycles. The molecule has 1 rings (SSSR count). The average Bonchev–Trinajstić information content (AvgIpc) is 1.90. The molecule has 0 fully saturated rings. The predicted molar refractivity (Wildman–Crippen MR) is 34.6 cm³/mol. The highest BCUT2D eigenvalue weighted by atomic mass is 31.0. The molecule has 8 heavy (non-hydrogen) atoms. The number of rotatable bonds is 1. The van der Waals surface area contributed by atoms with Gasteiger partial charge < -0.3 is 4.52 Å². The second kappa shape index (κ2) is 2.63. The van der Waals surface area contributed by atoms with Gasteiger partial charge in [0.1, 0.15) is 0 Å². The topological polar surface area (TPSA) is 22.1 Å². The zero-order valence-corrected chi connectivity index (χ0v) is 5.40. The Balaban J connectivity index is 2.83. The van der Waals surface area contributed by atoms with Crippen molar-refractivity contribution in [2.75, 3.05) is 0 Å². The molecule has 3 heteroatoms. The molecule has 0 aliphatic carbocycles. The summed E-state index contributed by atoms with van der Waals surface area (Å²) in [6.07, 6.45) is 1.68. The van der Waals surface area contributed by atoms with E-state index < -0.39 is 0 Å². The minimum absolute atomic E-state index is 0.623. The van der Waals surface area contributed by atoms with E-state index in [4.69, 9.17) is 4.52 Å². The van der Waals surface area contributed by atoms with Gasteiger partial charge in [-0.1, -0.05) is 6.07 Å². The lowest BCUT2D eigenvalue weighted by Crippen LogP contribution is -1.75. The zero-order chi connectivity index (χ0) is 5.82. The smallest absolute Gasteiger partial charge is 0.215 e. The van der Waals surface area contributed by atoms with Gasteiger partial charge in [0.15, 0.2) is 0 Å². The molecule has 0 saturated heterocycles. The summed E-state index contributed by atoms with van der Waals surface area (Å²) < 4.78 is 4.72. The summed E-state index contributed by atoms with van der Waals surface area (Å²) >= 11 is 0. The van der Waals surface area contributed by atoms with Gasteiger partial charge in [-0.05, 0) is 6.07 Å². The molecule has 0 aliphatic rings. The summed E-state index contributed by atoms with van der Waals surface area (Å²) in [5, 5.41) is 0. The Morgan fingerprint density at radius 2 is 2.38 bits per heavy atom. The largest absolute Gasteiger partial charge is 0.463 e. The second-order valence-electron chi connectivity index (χ2n) is 1.29. The zero-order valence-electron chi connectivity index (χ0n) is 4.24. The molecule has 1 aromatic rings. The summed E-state index contributed by atoms with van der Waals surface area (Å²) in [6, 6.07) is 5.49. The Morgan fingerprint density at radius 3 is 2.75 bits per heavy atom. The fourth-order valence-corrected chi connectivity index (χ4v) is 0.556. The van der Waals surface area contributed by atoms with E-state index >= 15 is 0 Å². The number of aromatic nitrogens is 1. The first-order chi connectivity index (χ1) is 3.93. The van der Waals surface area contributed by atoms with E-state index in [2.05, 4.69) is 14.5 Å². The molecule has 2 nitrogen and oxygen atoms in total. The molecular weight excluding hydrogens is 121 g/mol. The van der Waals surface area contributed by atoms with Gasteiger partial charge in [-0.2, -0.15) is 0 Å². The van der Waals surface area contributed by atoms with E-state index in [0.29, 0.717) is 5.88 Å². The van der Waals surface area contributed by atoms with Crippen molar-refractivity contribution in [1.29, 1.82) is 0 Å². The Morgan fingerprint density at radius 1 is 1.50 bits per heavy atom. The first-order valence-electron chi connectivity index (χ1n) is 2.21. The fraction of sp³-hybridized carbons (Fsp3) is 0. The van der Waals surface area contributed by atoms with E-state index in [1.54, 1.807) is 12.3 Å². The van der Waals surface area contributed by atoms with Crippen LogP contribution in [0.3, 0.4) is 0 Å². The minimum Gasteiger partial charge on any atom is -0.463 e. The second-order valence-corrected chi connectivity index (χ2v) is 1.52. The summed E-state index contributed by atoms with van der Waals surface area (Å²) in [5.74, 6) is 0.623. The van der Waals surface area contributed by atoms with E-state index in [9.17, 15) is 0 Å². The molecule has 0 radical (unpaired) electrons. The van der Waals surface area contributed by atoms with Gasteiger partial charge in [-0.3, -0.25) is 0 Å². The van der Waals surface area contributed by atoms with Gasteiger partial charge in [0, 0.05) is 12.3 Å². The lowest BCUT2D eigenvalue weighted by molar-refractivity contribution is 0.616. The average molecular weight is 127 g/mol. The summed E-state index contributed by atoms with van der Waals surface area (Å²) in [7, 11) is 2.13. The molecule has 1 atom stereocenters. The fourth-order valence-electron chi connectivity index (χ4n) is 0.417. The minimum atomic E-state index is 0.623. The van der Waals surface area contributed by atoms with Crippen molar-refractivity contribution in [2.45, 2.75) is 0 Å². The van der Waals surface area contributed by atoms with Crippen LogP contribution in [0, 0.1) is 0 Å². The van der Waals surface area contributed by atoms with Crippen LogP contribution in [0.15, 0.2) is 24.4 Å². The molecule has 42 valence electrons. The Labute approximate surface area is 50.2 Å². The van der Waals surface area contributed by atoms with Gasteiger partial charge in [0.05, 0.1) is 9.47 Å². The third-order valence-corrected chi connectivity index (χ3v) is 1.000. The number of nitrogens with zero attached hydrogens (tertiary/aromatic N) is 1. The molecule has 0 saturated carbocycles. The van der Waals surface area contributed by atoms with Crippen LogP contribution in [-0.4, -0.2) is 4.98 Å². The monoisotopic (exact) mass is 127 g/mol. The van der Waals surface area contributed by atoms with Crippen LogP contribution in [0.25, 0.3) is 0 Å². The SMILES string of the molecule is POc1ccccn1. The van der Waals surface area contributed by atoms with Gasteiger partial charge in [-0.25, -0.2) is 4.98 Å². The van der Waals surface area contributed by atoms with Crippen molar-refractivity contribution in [1.82, 2.24) is 4.98 Å². The molecule has 0 spiro atoms. The van der Waals surface area contributed by atoms with Crippen LogP contribution in [0.2, 0.25) is 0 Å². The standard InChI is InChI=1S/C5H6NOP/c8-7-5-3-1-2-4-6-5/h1-4H,8H2. The Hall–Kier alpha value is -0.620. The highest BCUT2D eigenvalue weighted by Gasteiger charge is 1.82. The lowest BCUT2D eigenvalue weighted by atomic mass is 10.5. The third-order valence-electron chi connectivity index (χ3n) is 0.759. The van der Waals surface area contributed by atoms with E-state index in [-0.39, 0.29) is 0 Å². The molecule has 0 bridgehead atoms. The Bertz CT molecular complexity index is 154. The van der Waals surface area contributed by atoms with Crippen molar-refractivity contribution in [3.63, 3.8) is 0 Å². The van der Waals surface area contributed by atoms with Crippen LogP contribution < -0.4 is 4.52 Å².